The summed E-state index contributed by atoms with van der Waals surface area (Å²) < 4.78 is 7.99. The fourth-order valence-corrected chi connectivity index (χ4v) is 3.42. The van der Waals surface area contributed by atoms with Gasteiger partial charge in [-0.3, -0.25) is 4.79 Å². The first-order valence-electron chi connectivity index (χ1n) is 10.2. The van der Waals surface area contributed by atoms with Crippen LogP contribution in [0.1, 0.15) is 24.2 Å². The van der Waals surface area contributed by atoms with Crippen LogP contribution >= 0.6 is 0 Å². The van der Waals surface area contributed by atoms with E-state index >= 15 is 0 Å². The third-order valence-electron chi connectivity index (χ3n) is 5.07. The first kappa shape index (κ1) is 19.7. The molecule has 1 heterocycles. The van der Waals surface area contributed by atoms with Gasteiger partial charge in [-0.15, -0.1) is 0 Å². The number of carbonyl (C=O) groups excluding carboxylic acids is 1. The van der Waals surface area contributed by atoms with Crippen molar-refractivity contribution in [2.45, 2.75) is 26.3 Å². The maximum Gasteiger partial charge on any atom is 0.224 e. The molecular weight excluding hydrogens is 374 g/mol. The second kappa shape index (κ2) is 9.27. The molecule has 0 spiro atoms. The van der Waals surface area contributed by atoms with Gasteiger partial charge in [0.15, 0.2) is 0 Å². The Morgan fingerprint density at radius 3 is 2.63 bits per heavy atom. The molecule has 0 aliphatic carbocycles. The lowest BCUT2D eigenvalue weighted by Gasteiger charge is -2.10. The van der Waals surface area contributed by atoms with Crippen molar-refractivity contribution >= 4 is 22.4 Å². The van der Waals surface area contributed by atoms with Gasteiger partial charge >= 0.3 is 0 Å². The van der Waals surface area contributed by atoms with Gasteiger partial charge in [0.25, 0.3) is 0 Å². The molecule has 1 N–H and O–H groups in total. The van der Waals surface area contributed by atoms with Crippen molar-refractivity contribution in [3.05, 3.63) is 90.5 Å². The number of nitrogens with one attached hydrogen (secondary N) is 1. The minimum Gasteiger partial charge on any atom is -0.493 e. The standard InChI is InChI=1S/C25H25N3O2/c1-19-26-15-16-28(19)18-20-11-13-22(14-12-20)27-25(29)10-5-17-30-24-9-4-7-21-6-2-3-8-23(21)24/h2-4,6-9,11-16H,5,10,17-18H2,1H3,(H,27,29). The quantitative estimate of drug-likeness (QED) is 0.415. The summed E-state index contributed by atoms with van der Waals surface area (Å²) in [4.78, 5) is 16.5. The minimum atomic E-state index is -0.00489. The molecule has 0 unspecified atom stereocenters. The number of benzene rings is 3. The van der Waals surface area contributed by atoms with Gasteiger partial charge in [-0.05, 0) is 42.5 Å². The molecule has 0 bridgehead atoms. The van der Waals surface area contributed by atoms with Crippen LogP contribution in [-0.2, 0) is 11.3 Å². The summed E-state index contributed by atoms with van der Waals surface area (Å²) in [7, 11) is 0. The van der Waals surface area contributed by atoms with Crippen LogP contribution in [0.2, 0.25) is 0 Å². The summed E-state index contributed by atoms with van der Waals surface area (Å²) >= 11 is 0. The third kappa shape index (κ3) is 4.87. The number of anilines is 1. The Labute approximate surface area is 176 Å². The van der Waals surface area contributed by atoms with E-state index in [1.54, 1.807) is 6.20 Å². The van der Waals surface area contributed by atoms with Gasteiger partial charge in [0.1, 0.15) is 11.6 Å². The summed E-state index contributed by atoms with van der Waals surface area (Å²) in [5, 5.41) is 5.20. The van der Waals surface area contributed by atoms with Crippen molar-refractivity contribution in [3.8, 4) is 5.75 Å². The molecule has 0 saturated carbocycles. The van der Waals surface area contributed by atoms with Crippen LogP contribution in [0.3, 0.4) is 0 Å². The molecule has 0 aliphatic heterocycles. The smallest absolute Gasteiger partial charge is 0.224 e. The van der Waals surface area contributed by atoms with E-state index in [0.29, 0.717) is 19.4 Å². The number of carbonyl (C=O) groups is 1. The Kier molecular flexibility index (Phi) is 6.09. The third-order valence-corrected chi connectivity index (χ3v) is 5.07. The summed E-state index contributed by atoms with van der Waals surface area (Å²) in [6, 6.07) is 22.1. The Morgan fingerprint density at radius 2 is 1.83 bits per heavy atom. The lowest BCUT2D eigenvalue weighted by Crippen LogP contribution is -2.13. The number of aromatic nitrogens is 2. The van der Waals surface area contributed by atoms with Gasteiger partial charge in [0, 0.05) is 36.4 Å². The second-order valence-electron chi connectivity index (χ2n) is 7.28. The molecule has 30 heavy (non-hydrogen) atoms. The molecule has 1 amide bonds. The largest absolute Gasteiger partial charge is 0.493 e. The summed E-state index contributed by atoms with van der Waals surface area (Å²) in [5.41, 5.74) is 1.97. The van der Waals surface area contributed by atoms with Gasteiger partial charge in [0.2, 0.25) is 5.91 Å². The number of imidazole rings is 1. The van der Waals surface area contributed by atoms with Crippen molar-refractivity contribution < 1.29 is 9.53 Å². The van der Waals surface area contributed by atoms with Crippen LogP contribution in [0.4, 0.5) is 5.69 Å². The molecule has 3 aromatic carbocycles. The first-order chi connectivity index (χ1) is 14.7. The van der Waals surface area contributed by atoms with Crippen molar-refractivity contribution in [1.82, 2.24) is 9.55 Å². The van der Waals surface area contributed by atoms with Crippen molar-refractivity contribution in [2.24, 2.45) is 0 Å². The van der Waals surface area contributed by atoms with Gasteiger partial charge in [0.05, 0.1) is 6.61 Å². The van der Waals surface area contributed by atoms with Gasteiger partial charge in [-0.2, -0.15) is 0 Å². The van der Waals surface area contributed by atoms with E-state index in [9.17, 15) is 4.79 Å². The second-order valence-corrected chi connectivity index (χ2v) is 7.28. The van der Waals surface area contributed by atoms with Crippen molar-refractivity contribution in [2.75, 3.05) is 11.9 Å². The zero-order valence-electron chi connectivity index (χ0n) is 17.0. The van der Waals surface area contributed by atoms with Crippen molar-refractivity contribution in [1.29, 1.82) is 0 Å². The van der Waals surface area contributed by atoms with E-state index in [0.717, 1.165) is 40.1 Å². The van der Waals surface area contributed by atoms with Gasteiger partial charge in [-0.1, -0.05) is 48.5 Å². The predicted molar refractivity (Wildman–Crippen MR) is 120 cm³/mol. The number of hydrogen-bond donors (Lipinski definition) is 1. The molecule has 1 aromatic heterocycles. The minimum absolute atomic E-state index is 0.00489. The summed E-state index contributed by atoms with van der Waals surface area (Å²) in [6.45, 7) is 3.26. The normalized spacial score (nSPS) is 10.8. The maximum atomic E-state index is 12.2. The molecule has 0 aliphatic rings. The number of ether oxygens (including phenoxy) is 1. The maximum absolute atomic E-state index is 12.2. The molecule has 5 heteroatoms. The lowest BCUT2D eigenvalue weighted by atomic mass is 10.1. The number of rotatable bonds is 8. The molecule has 4 aromatic rings. The zero-order chi connectivity index (χ0) is 20.8. The Balaban J connectivity index is 1.23. The van der Waals surface area contributed by atoms with Gasteiger partial charge in [-0.25, -0.2) is 4.98 Å². The fraction of sp³-hybridized carbons (Fsp3) is 0.200. The number of nitrogens with zero attached hydrogens (tertiary/aromatic N) is 2. The number of aryl methyl sites for hydroxylation is 1. The number of fused-ring (bicyclic) bond motifs is 1. The Bertz CT molecular complexity index is 1130. The van der Waals surface area contributed by atoms with Crippen LogP contribution < -0.4 is 10.1 Å². The Hall–Kier alpha value is -3.60. The highest BCUT2D eigenvalue weighted by molar-refractivity contribution is 5.90. The average Bonchev–Trinajstić information content (AvgIpc) is 3.17. The van der Waals surface area contributed by atoms with E-state index in [-0.39, 0.29) is 5.91 Å². The first-order valence-corrected chi connectivity index (χ1v) is 10.2. The van der Waals surface area contributed by atoms with E-state index in [2.05, 4.69) is 33.1 Å². The van der Waals surface area contributed by atoms with Gasteiger partial charge < -0.3 is 14.6 Å². The number of amides is 1. The lowest BCUT2D eigenvalue weighted by molar-refractivity contribution is -0.116. The summed E-state index contributed by atoms with van der Waals surface area (Å²) in [6.07, 6.45) is 4.84. The van der Waals surface area contributed by atoms with Crippen LogP contribution in [0.15, 0.2) is 79.1 Å². The van der Waals surface area contributed by atoms with Crippen molar-refractivity contribution in [3.63, 3.8) is 0 Å². The molecule has 0 saturated heterocycles. The van der Waals surface area contributed by atoms with Crippen LogP contribution in [0.25, 0.3) is 10.8 Å². The highest BCUT2D eigenvalue weighted by Gasteiger charge is 2.05. The monoisotopic (exact) mass is 399 g/mol. The SMILES string of the molecule is Cc1nccn1Cc1ccc(NC(=O)CCCOc2cccc3ccccc23)cc1. The zero-order valence-corrected chi connectivity index (χ0v) is 17.0. The highest BCUT2D eigenvalue weighted by atomic mass is 16.5. The van der Waals surface area contributed by atoms with E-state index in [1.807, 2.05) is 61.7 Å². The van der Waals surface area contributed by atoms with E-state index in [1.165, 1.54) is 0 Å². The molecule has 0 atom stereocenters. The summed E-state index contributed by atoms with van der Waals surface area (Å²) in [5.74, 6) is 1.84. The average molecular weight is 399 g/mol. The number of hydrogen-bond acceptors (Lipinski definition) is 3. The molecule has 152 valence electrons. The van der Waals surface area contributed by atoms with E-state index in [4.69, 9.17) is 4.74 Å². The molecule has 4 rings (SSSR count). The van der Waals surface area contributed by atoms with Crippen LogP contribution in [-0.4, -0.2) is 22.1 Å². The molecule has 0 fully saturated rings. The Morgan fingerprint density at radius 1 is 1.03 bits per heavy atom. The molecular formula is C25H25N3O2. The van der Waals surface area contributed by atoms with Crippen LogP contribution in [0, 0.1) is 6.92 Å². The topological polar surface area (TPSA) is 56.2 Å². The molecule has 0 radical (unpaired) electrons. The molecule has 5 nitrogen and oxygen atoms in total. The van der Waals surface area contributed by atoms with E-state index < -0.39 is 0 Å². The fourth-order valence-electron chi connectivity index (χ4n) is 3.42. The van der Waals surface area contributed by atoms with Crippen LogP contribution in [0.5, 0.6) is 5.75 Å². The highest BCUT2D eigenvalue weighted by Crippen LogP contribution is 2.25. The predicted octanol–water partition coefficient (Wildman–Crippen LogP) is 5.19.